The van der Waals surface area contributed by atoms with Crippen LogP contribution in [0.4, 0.5) is 11.4 Å². The molecule has 3 aromatic carbocycles. The number of aryl methyl sites for hydroxylation is 4. The van der Waals surface area contributed by atoms with E-state index in [1.165, 1.54) is 13.3 Å². The number of methoxy groups -OCH3 is 1. The lowest BCUT2D eigenvalue weighted by Gasteiger charge is -2.14. The lowest BCUT2D eigenvalue weighted by molar-refractivity contribution is -0.120. The zero-order chi connectivity index (χ0) is 26.9. The summed E-state index contributed by atoms with van der Waals surface area (Å²) in [6.45, 7) is 7.34. The summed E-state index contributed by atoms with van der Waals surface area (Å²) in [6.07, 6.45) is 1.44. The van der Waals surface area contributed by atoms with Gasteiger partial charge in [-0.15, -0.1) is 0 Å². The Kier molecular flexibility index (Phi) is 9.51. The largest absolute Gasteiger partial charge is 0.493 e. The van der Waals surface area contributed by atoms with Gasteiger partial charge in [-0.3, -0.25) is 9.59 Å². The first-order valence-electron chi connectivity index (χ1n) is 11.6. The number of halogens is 1. The molecule has 3 rings (SSSR count). The van der Waals surface area contributed by atoms with Crippen LogP contribution < -0.4 is 20.1 Å². The van der Waals surface area contributed by atoms with Gasteiger partial charge < -0.3 is 24.9 Å². The number of benzene rings is 3. The maximum atomic E-state index is 12.5. The zero-order valence-electron chi connectivity index (χ0n) is 21.5. The van der Waals surface area contributed by atoms with Crippen molar-refractivity contribution in [1.29, 1.82) is 0 Å². The number of carbonyl (C=O) groups excluding carboxylic acids is 2. The number of nitrogens with zero attached hydrogens (tertiary/aromatic N) is 1. The maximum Gasteiger partial charge on any atom is 0.265 e. The Morgan fingerprint density at radius 1 is 0.865 bits per heavy atom. The lowest BCUT2D eigenvalue weighted by Crippen LogP contribution is -2.21. The quantitative estimate of drug-likeness (QED) is 0.267. The molecule has 0 fully saturated rings. The van der Waals surface area contributed by atoms with Gasteiger partial charge in [-0.2, -0.15) is 0 Å². The van der Waals surface area contributed by atoms with E-state index in [1.807, 2.05) is 45.9 Å². The van der Waals surface area contributed by atoms with Gasteiger partial charge in [0, 0.05) is 22.0 Å². The fourth-order valence-electron chi connectivity index (χ4n) is 3.69. The van der Waals surface area contributed by atoms with Crippen LogP contribution in [0.3, 0.4) is 0 Å². The maximum absolute atomic E-state index is 12.5. The molecular weight excluding hydrogens is 494 g/mol. The number of hydrogen-bond acceptors (Lipinski definition) is 6. The van der Waals surface area contributed by atoms with Crippen molar-refractivity contribution in [3.05, 3.63) is 81.4 Å². The van der Waals surface area contributed by atoms with Gasteiger partial charge in [0.1, 0.15) is 0 Å². The molecule has 0 aliphatic rings. The summed E-state index contributed by atoms with van der Waals surface area (Å²) in [6, 6.07) is 14.4. The smallest absolute Gasteiger partial charge is 0.265 e. The SMILES string of the molecule is COc1cc(/C=N/OCC(=O)Nc2cc(Cl)ccc2C)ccc1OCC(=O)Nc1c(C)cc(C)cc1C. The topological polar surface area (TPSA) is 98.2 Å². The number of carbonyl (C=O) groups is 2. The van der Waals surface area contributed by atoms with Crippen molar-refractivity contribution in [3.8, 4) is 11.5 Å². The van der Waals surface area contributed by atoms with Crippen LogP contribution in [0.25, 0.3) is 0 Å². The van der Waals surface area contributed by atoms with E-state index < -0.39 is 0 Å². The molecule has 0 bridgehead atoms. The number of ether oxygens (including phenoxy) is 2. The minimum Gasteiger partial charge on any atom is -0.493 e. The van der Waals surface area contributed by atoms with Gasteiger partial charge in [0.05, 0.1) is 13.3 Å². The molecule has 194 valence electrons. The van der Waals surface area contributed by atoms with Crippen LogP contribution in [0, 0.1) is 27.7 Å². The van der Waals surface area contributed by atoms with Gasteiger partial charge in [-0.25, -0.2) is 0 Å². The van der Waals surface area contributed by atoms with Crippen LogP contribution in [0.15, 0.2) is 53.7 Å². The van der Waals surface area contributed by atoms with Crippen LogP contribution in [-0.4, -0.2) is 38.4 Å². The number of rotatable bonds is 10. The zero-order valence-corrected chi connectivity index (χ0v) is 22.2. The van der Waals surface area contributed by atoms with Gasteiger partial charge in [-0.1, -0.05) is 40.5 Å². The van der Waals surface area contributed by atoms with Crippen molar-refractivity contribution >= 4 is 41.0 Å². The highest BCUT2D eigenvalue weighted by molar-refractivity contribution is 6.31. The van der Waals surface area contributed by atoms with Crippen LogP contribution in [0.5, 0.6) is 11.5 Å². The first kappa shape index (κ1) is 27.5. The van der Waals surface area contributed by atoms with Crippen molar-refractivity contribution in [2.24, 2.45) is 5.16 Å². The van der Waals surface area contributed by atoms with Gasteiger partial charge in [0.2, 0.25) is 0 Å². The number of amides is 2. The Morgan fingerprint density at radius 3 is 2.27 bits per heavy atom. The monoisotopic (exact) mass is 523 g/mol. The fraction of sp³-hybridized carbons (Fsp3) is 0.250. The molecule has 0 spiro atoms. The Labute approximate surface area is 221 Å². The van der Waals surface area contributed by atoms with Crippen molar-refractivity contribution in [1.82, 2.24) is 0 Å². The third-order valence-electron chi connectivity index (χ3n) is 5.43. The van der Waals surface area contributed by atoms with Crippen molar-refractivity contribution < 1.29 is 23.9 Å². The summed E-state index contributed by atoms with van der Waals surface area (Å²) in [4.78, 5) is 29.7. The number of anilines is 2. The van der Waals surface area contributed by atoms with E-state index in [4.69, 9.17) is 25.9 Å². The molecule has 0 heterocycles. The standard InChI is InChI=1S/C28H30ClN3O5/c1-17-10-19(3)28(20(4)11-17)32-26(33)15-36-24-9-7-21(12-25(24)35-5)14-30-37-16-27(34)31-23-13-22(29)8-6-18(23)2/h6-14H,15-16H2,1-5H3,(H,31,34)(H,32,33)/b30-14+. The second-order valence-corrected chi connectivity index (χ2v) is 8.97. The van der Waals surface area contributed by atoms with Crippen LogP contribution in [-0.2, 0) is 14.4 Å². The first-order chi connectivity index (χ1) is 17.7. The second-order valence-electron chi connectivity index (χ2n) is 8.54. The summed E-state index contributed by atoms with van der Waals surface area (Å²) in [5, 5.41) is 10.0. The number of oxime groups is 1. The minimum absolute atomic E-state index is 0.180. The van der Waals surface area contributed by atoms with E-state index in [2.05, 4.69) is 15.8 Å². The average molecular weight is 524 g/mol. The molecule has 2 amide bonds. The summed E-state index contributed by atoms with van der Waals surface area (Å²) >= 11 is 5.97. The highest BCUT2D eigenvalue weighted by Gasteiger charge is 2.12. The Hall–Kier alpha value is -4.04. The Bertz CT molecular complexity index is 1300. The molecule has 2 N–H and O–H groups in total. The molecule has 0 aliphatic heterocycles. The second kappa shape index (κ2) is 12.8. The molecule has 0 unspecified atom stereocenters. The van der Waals surface area contributed by atoms with E-state index >= 15 is 0 Å². The van der Waals surface area contributed by atoms with Crippen molar-refractivity contribution in [3.63, 3.8) is 0 Å². The molecule has 0 aliphatic carbocycles. The summed E-state index contributed by atoms with van der Waals surface area (Å²) in [7, 11) is 1.50. The van der Waals surface area contributed by atoms with E-state index in [0.29, 0.717) is 27.8 Å². The van der Waals surface area contributed by atoms with Gasteiger partial charge in [0.25, 0.3) is 11.8 Å². The van der Waals surface area contributed by atoms with E-state index in [9.17, 15) is 9.59 Å². The number of nitrogens with one attached hydrogen (secondary N) is 2. The first-order valence-corrected chi connectivity index (χ1v) is 11.9. The minimum atomic E-state index is -0.363. The molecule has 9 heteroatoms. The number of hydrogen-bond donors (Lipinski definition) is 2. The summed E-state index contributed by atoms with van der Waals surface area (Å²) in [5.74, 6) is 0.193. The van der Waals surface area contributed by atoms with Gasteiger partial charge >= 0.3 is 0 Å². The Morgan fingerprint density at radius 2 is 1.57 bits per heavy atom. The normalized spacial score (nSPS) is 10.8. The molecule has 0 atom stereocenters. The van der Waals surface area contributed by atoms with E-state index in [0.717, 1.165) is 27.9 Å². The highest BCUT2D eigenvalue weighted by Crippen LogP contribution is 2.28. The van der Waals surface area contributed by atoms with Crippen LogP contribution >= 0.6 is 11.6 Å². The molecule has 8 nitrogen and oxygen atoms in total. The van der Waals surface area contributed by atoms with E-state index in [1.54, 1.807) is 30.3 Å². The van der Waals surface area contributed by atoms with Crippen molar-refractivity contribution in [2.75, 3.05) is 31.0 Å². The van der Waals surface area contributed by atoms with Gasteiger partial charge in [0.15, 0.2) is 24.7 Å². The molecule has 0 aromatic heterocycles. The molecule has 0 saturated heterocycles. The van der Waals surface area contributed by atoms with Crippen molar-refractivity contribution in [2.45, 2.75) is 27.7 Å². The Balaban J connectivity index is 1.52. The predicted molar refractivity (Wildman–Crippen MR) is 146 cm³/mol. The molecule has 0 radical (unpaired) electrons. The van der Waals surface area contributed by atoms with E-state index in [-0.39, 0.29) is 25.0 Å². The molecule has 37 heavy (non-hydrogen) atoms. The van der Waals surface area contributed by atoms with Crippen LogP contribution in [0.2, 0.25) is 5.02 Å². The fourth-order valence-corrected chi connectivity index (χ4v) is 3.86. The van der Waals surface area contributed by atoms with Gasteiger partial charge in [-0.05, 0) is 74.7 Å². The summed E-state index contributed by atoms with van der Waals surface area (Å²) < 4.78 is 11.1. The molecule has 3 aromatic rings. The highest BCUT2D eigenvalue weighted by atomic mass is 35.5. The summed E-state index contributed by atoms with van der Waals surface area (Å²) in [5.41, 5.74) is 6.06. The van der Waals surface area contributed by atoms with Crippen LogP contribution in [0.1, 0.15) is 27.8 Å². The third kappa shape index (κ3) is 7.98. The predicted octanol–water partition coefficient (Wildman–Crippen LogP) is 5.59. The average Bonchev–Trinajstić information content (AvgIpc) is 2.85. The third-order valence-corrected chi connectivity index (χ3v) is 5.67. The lowest BCUT2D eigenvalue weighted by atomic mass is 10.1. The molecule has 0 saturated carbocycles. The molecular formula is C28H30ClN3O5.